The molecule has 1 unspecified atom stereocenters. The SMILES string of the molecule is CCC(COC)Nc1nc(C)nc(Cl)c1N. The number of rotatable bonds is 5. The lowest BCUT2D eigenvalue weighted by Gasteiger charge is -2.18. The molecule has 0 saturated carbocycles. The zero-order chi connectivity index (χ0) is 12.1. The molecule has 0 aromatic carbocycles. The van der Waals surface area contributed by atoms with Crippen molar-refractivity contribution in [2.75, 3.05) is 24.8 Å². The lowest BCUT2D eigenvalue weighted by Crippen LogP contribution is -2.25. The fourth-order valence-electron chi connectivity index (χ4n) is 1.31. The third-order valence-electron chi connectivity index (χ3n) is 2.21. The Balaban J connectivity index is 2.87. The first-order valence-corrected chi connectivity index (χ1v) is 5.51. The second kappa shape index (κ2) is 5.86. The van der Waals surface area contributed by atoms with Gasteiger partial charge in [0, 0.05) is 7.11 Å². The van der Waals surface area contributed by atoms with E-state index < -0.39 is 0 Å². The Hall–Kier alpha value is -1.07. The van der Waals surface area contributed by atoms with Crippen molar-refractivity contribution in [2.24, 2.45) is 0 Å². The fourth-order valence-corrected chi connectivity index (χ4v) is 1.52. The second-order valence-corrected chi connectivity index (χ2v) is 3.89. The molecule has 1 aromatic heterocycles. The van der Waals surface area contributed by atoms with Crippen molar-refractivity contribution in [3.05, 3.63) is 11.0 Å². The number of nitrogens with zero attached hydrogens (tertiary/aromatic N) is 2. The molecular weight excluding hydrogens is 228 g/mol. The molecule has 0 amide bonds. The Labute approximate surface area is 100 Å². The molecule has 0 spiro atoms. The number of methoxy groups -OCH3 is 1. The van der Waals surface area contributed by atoms with Gasteiger partial charge in [0.2, 0.25) is 0 Å². The van der Waals surface area contributed by atoms with Gasteiger partial charge in [-0.25, -0.2) is 9.97 Å². The highest BCUT2D eigenvalue weighted by Gasteiger charge is 2.12. The van der Waals surface area contributed by atoms with E-state index in [-0.39, 0.29) is 11.2 Å². The Morgan fingerprint density at radius 1 is 1.50 bits per heavy atom. The molecule has 90 valence electrons. The largest absolute Gasteiger partial charge is 0.393 e. The molecule has 0 saturated heterocycles. The standard InChI is InChI=1S/C10H17ClN4O/c1-4-7(5-16-3)15-10-8(12)9(11)13-6(2)14-10/h7H,4-5,12H2,1-3H3,(H,13,14,15). The smallest absolute Gasteiger partial charge is 0.157 e. The van der Waals surface area contributed by atoms with Gasteiger partial charge in [-0.1, -0.05) is 18.5 Å². The first kappa shape index (κ1) is 13.0. The third-order valence-corrected chi connectivity index (χ3v) is 2.50. The molecule has 1 heterocycles. The van der Waals surface area contributed by atoms with Crippen LogP contribution in [0.4, 0.5) is 11.5 Å². The fraction of sp³-hybridized carbons (Fsp3) is 0.600. The molecule has 3 N–H and O–H groups in total. The van der Waals surface area contributed by atoms with Gasteiger partial charge in [0.25, 0.3) is 0 Å². The summed E-state index contributed by atoms with van der Waals surface area (Å²) in [6.07, 6.45) is 0.911. The van der Waals surface area contributed by atoms with E-state index in [0.717, 1.165) is 6.42 Å². The van der Waals surface area contributed by atoms with Gasteiger partial charge in [-0.05, 0) is 13.3 Å². The number of hydrogen-bond acceptors (Lipinski definition) is 5. The summed E-state index contributed by atoms with van der Waals surface area (Å²) in [7, 11) is 1.66. The first-order chi connectivity index (χ1) is 7.58. The summed E-state index contributed by atoms with van der Waals surface area (Å²) in [4.78, 5) is 8.19. The van der Waals surface area contributed by atoms with Gasteiger partial charge in [0.05, 0.1) is 12.6 Å². The highest BCUT2D eigenvalue weighted by Crippen LogP contribution is 2.24. The van der Waals surface area contributed by atoms with E-state index in [1.165, 1.54) is 0 Å². The number of nitrogens with one attached hydrogen (secondary N) is 1. The van der Waals surface area contributed by atoms with Crippen LogP contribution in [-0.4, -0.2) is 29.7 Å². The molecule has 1 aromatic rings. The first-order valence-electron chi connectivity index (χ1n) is 5.13. The molecule has 1 rings (SSSR count). The molecular formula is C10H17ClN4O. The minimum atomic E-state index is 0.165. The summed E-state index contributed by atoms with van der Waals surface area (Å²) in [5, 5.41) is 3.47. The Bertz CT molecular complexity index is 359. The maximum Gasteiger partial charge on any atom is 0.157 e. The Kier molecular flexibility index (Phi) is 4.76. The van der Waals surface area contributed by atoms with Gasteiger partial charge < -0.3 is 15.8 Å². The minimum absolute atomic E-state index is 0.165. The number of aromatic nitrogens is 2. The van der Waals surface area contributed by atoms with E-state index in [2.05, 4.69) is 22.2 Å². The molecule has 0 aliphatic carbocycles. The molecule has 16 heavy (non-hydrogen) atoms. The Morgan fingerprint density at radius 2 is 2.19 bits per heavy atom. The van der Waals surface area contributed by atoms with Crippen LogP contribution in [-0.2, 0) is 4.74 Å². The van der Waals surface area contributed by atoms with Crippen LogP contribution >= 0.6 is 11.6 Å². The van der Waals surface area contributed by atoms with Gasteiger partial charge in [-0.3, -0.25) is 0 Å². The summed E-state index contributed by atoms with van der Waals surface area (Å²) in [5.74, 6) is 1.16. The summed E-state index contributed by atoms with van der Waals surface area (Å²) in [6.45, 7) is 4.42. The van der Waals surface area contributed by atoms with Crippen LogP contribution in [0, 0.1) is 6.92 Å². The monoisotopic (exact) mass is 244 g/mol. The summed E-state index contributed by atoms with van der Waals surface area (Å²) < 4.78 is 5.09. The number of nitrogen functional groups attached to an aromatic ring is 1. The maximum absolute atomic E-state index is 5.88. The number of anilines is 2. The van der Waals surface area contributed by atoms with Crippen LogP contribution < -0.4 is 11.1 Å². The number of halogens is 1. The molecule has 6 heteroatoms. The molecule has 0 aliphatic heterocycles. The summed E-state index contributed by atoms with van der Waals surface area (Å²) >= 11 is 5.88. The number of ether oxygens (including phenoxy) is 1. The van der Waals surface area contributed by atoms with E-state index in [9.17, 15) is 0 Å². The maximum atomic E-state index is 5.88. The molecule has 0 fully saturated rings. The van der Waals surface area contributed by atoms with Crippen LogP contribution in [0.15, 0.2) is 0 Å². The predicted molar refractivity (Wildman–Crippen MR) is 65.8 cm³/mol. The predicted octanol–water partition coefficient (Wildman–Crippen LogP) is 1.86. The second-order valence-electron chi connectivity index (χ2n) is 3.53. The zero-order valence-electron chi connectivity index (χ0n) is 9.75. The number of hydrogen-bond donors (Lipinski definition) is 2. The molecule has 0 bridgehead atoms. The molecule has 1 atom stereocenters. The van der Waals surface area contributed by atoms with E-state index in [1.54, 1.807) is 14.0 Å². The van der Waals surface area contributed by atoms with Crippen LogP contribution in [0.1, 0.15) is 19.2 Å². The number of nitrogens with two attached hydrogens (primary N) is 1. The van der Waals surface area contributed by atoms with Crippen molar-refractivity contribution in [1.82, 2.24) is 9.97 Å². The van der Waals surface area contributed by atoms with Crippen LogP contribution in [0.2, 0.25) is 5.15 Å². The number of aryl methyl sites for hydroxylation is 1. The van der Waals surface area contributed by atoms with Crippen LogP contribution in [0.3, 0.4) is 0 Å². The Morgan fingerprint density at radius 3 is 2.75 bits per heavy atom. The van der Waals surface area contributed by atoms with Crippen molar-refractivity contribution in [2.45, 2.75) is 26.3 Å². The normalized spacial score (nSPS) is 12.5. The van der Waals surface area contributed by atoms with Crippen molar-refractivity contribution in [1.29, 1.82) is 0 Å². The van der Waals surface area contributed by atoms with Gasteiger partial charge in [0.1, 0.15) is 11.5 Å². The average Bonchev–Trinajstić information content (AvgIpc) is 2.24. The molecule has 5 nitrogen and oxygen atoms in total. The lowest BCUT2D eigenvalue weighted by molar-refractivity contribution is 0.184. The molecule has 0 radical (unpaired) electrons. The lowest BCUT2D eigenvalue weighted by atomic mass is 10.2. The highest BCUT2D eigenvalue weighted by atomic mass is 35.5. The quantitative estimate of drug-likeness (QED) is 0.774. The van der Waals surface area contributed by atoms with Crippen LogP contribution in [0.25, 0.3) is 0 Å². The van der Waals surface area contributed by atoms with Gasteiger partial charge in [-0.2, -0.15) is 0 Å². The van der Waals surface area contributed by atoms with Crippen LogP contribution in [0.5, 0.6) is 0 Å². The summed E-state index contributed by atoms with van der Waals surface area (Å²) in [6, 6.07) is 0.165. The van der Waals surface area contributed by atoms with E-state index >= 15 is 0 Å². The minimum Gasteiger partial charge on any atom is -0.393 e. The third kappa shape index (κ3) is 3.21. The van der Waals surface area contributed by atoms with Crippen molar-refractivity contribution in [3.63, 3.8) is 0 Å². The molecule has 0 aliphatic rings. The topological polar surface area (TPSA) is 73.1 Å². The van der Waals surface area contributed by atoms with Crippen molar-refractivity contribution < 1.29 is 4.74 Å². The highest BCUT2D eigenvalue weighted by molar-refractivity contribution is 6.32. The van der Waals surface area contributed by atoms with Crippen molar-refractivity contribution in [3.8, 4) is 0 Å². The van der Waals surface area contributed by atoms with Gasteiger partial charge in [-0.15, -0.1) is 0 Å². The van der Waals surface area contributed by atoms with E-state index in [1.807, 2.05) is 0 Å². The van der Waals surface area contributed by atoms with E-state index in [4.69, 9.17) is 22.1 Å². The van der Waals surface area contributed by atoms with Crippen molar-refractivity contribution >= 4 is 23.1 Å². The average molecular weight is 245 g/mol. The van der Waals surface area contributed by atoms with Gasteiger partial charge >= 0.3 is 0 Å². The van der Waals surface area contributed by atoms with Gasteiger partial charge in [0.15, 0.2) is 11.0 Å². The summed E-state index contributed by atoms with van der Waals surface area (Å²) in [5.41, 5.74) is 6.17. The van der Waals surface area contributed by atoms with E-state index in [0.29, 0.717) is 23.9 Å². The zero-order valence-corrected chi connectivity index (χ0v) is 10.5.